The Balaban J connectivity index is 2.59. The van der Waals surface area contributed by atoms with Crippen LogP contribution < -0.4 is 5.73 Å². The summed E-state index contributed by atoms with van der Waals surface area (Å²) >= 11 is 0. The van der Waals surface area contributed by atoms with Crippen molar-refractivity contribution in [2.24, 2.45) is 5.73 Å². The lowest BCUT2D eigenvalue weighted by Gasteiger charge is -2.24. The third kappa shape index (κ3) is 2.03. The van der Waals surface area contributed by atoms with Gasteiger partial charge in [0.15, 0.2) is 0 Å². The number of Topliss-reactive ketones (excluding diaryl/α,β-unsaturated/α-hetero) is 1. The van der Waals surface area contributed by atoms with Crippen molar-refractivity contribution in [3.8, 4) is 0 Å². The molecule has 0 radical (unpaired) electrons. The van der Waals surface area contributed by atoms with Crippen molar-refractivity contribution in [1.82, 2.24) is 0 Å². The summed E-state index contributed by atoms with van der Waals surface area (Å²) in [7, 11) is 0. The predicted octanol–water partition coefficient (Wildman–Crippen LogP) is 1.63. The molecule has 1 rings (SSSR count). The smallest absolute Gasteiger partial charge is 0.149 e. The molecule has 1 fully saturated rings. The molecule has 2 heteroatoms. The maximum absolute atomic E-state index is 11.1. The van der Waals surface area contributed by atoms with Crippen LogP contribution in [0.15, 0.2) is 0 Å². The van der Waals surface area contributed by atoms with Gasteiger partial charge in [0.2, 0.25) is 0 Å². The van der Waals surface area contributed by atoms with E-state index in [-0.39, 0.29) is 5.78 Å². The van der Waals surface area contributed by atoms with Crippen LogP contribution in [0.3, 0.4) is 0 Å². The van der Waals surface area contributed by atoms with Gasteiger partial charge in [-0.1, -0.05) is 25.7 Å². The lowest BCUT2D eigenvalue weighted by Crippen LogP contribution is -2.46. The summed E-state index contributed by atoms with van der Waals surface area (Å²) < 4.78 is 0. The van der Waals surface area contributed by atoms with Gasteiger partial charge in [0, 0.05) is 0 Å². The first-order chi connectivity index (χ1) is 5.15. The topological polar surface area (TPSA) is 43.1 Å². The predicted molar refractivity (Wildman–Crippen MR) is 45.3 cm³/mol. The molecule has 0 saturated heterocycles. The van der Waals surface area contributed by atoms with Crippen LogP contribution in [0.2, 0.25) is 0 Å². The van der Waals surface area contributed by atoms with Crippen LogP contribution in [0.25, 0.3) is 0 Å². The van der Waals surface area contributed by atoms with E-state index in [0.717, 1.165) is 25.7 Å². The summed E-state index contributed by atoms with van der Waals surface area (Å²) in [5.41, 5.74) is 5.48. The van der Waals surface area contributed by atoms with Gasteiger partial charge in [-0.05, 0) is 19.8 Å². The number of hydrogen-bond acceptors (Lipinski definition) is 2. The van der Waals surface area contributed by atoms with E-state index in [1.54, 1.807) is 6.92 Å². The normalized spacial score (nSPS) is 24.2. The van der Waals surface area contributed by atoms with E-state index in [0.29, 0.717) is 0 Å². The molecule has 2 nitrogen and oxygen atoms in total. The first kappa shape index (κ1) is 8.72. The second-order valence-electron chi connectivity index (χ2n) is 3.63. The molecule has 2 N–H and O–H groups in total. The zero-order chi connectivity index (χ0) is 8.32. The van der Waals surface area contributed by atoms with Gasteiger partial charge in [-0.15, -0.1) is 0 Å². The van der Waals surface area contributed by atoms with Gasteiger partial charge >= 0.3 is 0 Å². The summed E-state index contributed by atoms with van der Waals surface area (Å²) in [5.74, 6) is 0.166. The Bertz CT molecular complexity index is 146. The van der Waals surface area contributed by atoms with Crippen molar-refractivity contribution < 1.29 is 4.79 Å². The Morgan fingerprint density at radius 2 is 1.64 bits per heavy atom. The van der Waals surface area contributed by atoms with Crippen molar-refractivity contribution in [2.75, 3.05) is 0 Å². The minimum absolute atomic E-state index is 0.166. The molecule has 11 heavy (non-hydrogen) atoms. The SMILES string of the molecule is CC(=O)C1(N)CCCCCC1. The fraction of sp³-hybridized carbons (Fsp3) is 0.889. The Kier molecular flexibility index (Phi) is 2.66. The molecule has 1 aliphatic carbocycles. The van der Waals surface area contributed by atoms with Gasteiger partial charge in [0.1, 0.15) is 5.78 Å². The first-order valence-corrected chi connectivity index (χ1v) is 4.45. The van der Waals surface area contributed by atoms with Gasteiger partial charge in [0.05, 0.1) is 5.54 Å². The highest BCUT2D eigenvalue weighted by Gasteiger charge is 2.30. The van der Waals surface area contributed by atoms with E-state index in [1.807, 2.05) is 0 Å². The van der Waals surface area contributed by atoms with E-state index in [4.69, 9.17) is 5.73 Å². The summed E-state index contributed by atoms with van der Waals surface area (Å²) in [5, 5.41) is 0. The van der Waals surface area contributed by atoms with E-state index < -0.39 is 5.54 Å². The summed E-state index contributed by atoms with van der Waals surface area (Å²) in [4.78, 5) is 11.1. The molecule has 0 aromatic rings. The zero-order valence-electron chi connectivity index (χ0n) is 7.23. The summed E-state index contributed by atoms with van der Waals surface area (Å²) in [6.45, 7) is 1.62. The Morgan fingerprint density at radius 1 is 1.18 bits per heavy atom. The molecule has 0 atom stereocenters. The molecule has 0 bridgehead atoms. The Morgan fingerprint density at radius 3 is 2.00 bits per heavy atom. The highest BCUT2D eigenvalue weighted by Crippen LogP contribution is 2.25. The lowest BCUT2D eigenvalue weighted by molar-refractivity contribution is -0.122. The maximum atomic E-state index is 11.1. The Labute approximate surface area is 68.2 Å². The number of nitrogens with two attached hydrogens (primary N) is 1. The van der Waals surface area contributed by atoms with E-state index in [1.165, 1.54) is 12.8 Å². The molecule has 64 valence electrons. The van der Waals surface area contributed by atoms with Crippen LogP contribution in [0.4, 0.5) is 0 Å². The zero-order valence-corrected chi connectivity index (χ0v) is 7.23. The van der Waals surface area contributed by atoms with Crippen LogP contribution in [0.1, 0.15) is 45.4 Å². The quantitative estimate of drug-likeness (QED) is 0.585. The molecule has 0 heterocycles. The third-order valence-electron chi connectivity index (χ3n) is 2.70. The third-order valence-corrected chi connectivity index (χ3v) is 2.70. The van der Waals surface area contributed by atoms with E-state index in [2.05, 4.69) is 0 Å². The molecule has 1 aliphatic rings. The number of carbonyl (C=O) groups is 1. The molecule has 0 amide bonds. The van der Waals surface area contributed by atoms with Crippen molar-refractivity contribution in [3.05, 3.63) is 0 Å². The maximum Gasteiger partial charge on any atom is 0.149 e. The van der Waals surface area contributed by atoms with Crippen molar-refractivity contribution in [2.45, 2.75) is 51.0 Å². The van der Waals surface area contributed by atoms with Gasteiger partial charge in [-0.2, -0.15) is 0 Å². The van der Waals surface area contributed by atoms with Gasteiger partial charge in [-0.3, -0.25) is 4.79 Å². The molecule has 1 saturated carbocycles. The average Bonchev–Trinajstić information content (AvgIpc) is 2.15. The molecule has 0 aromatic carbocycles. The highest BCUT2D eigenvalue weighted by atomic mass is 16.1. The fourth-order valence-corrected chi connectivity index (χ4v) is 1.71. The first-order valence-electron chi connectivity index (χ1n) is 4.45. The van der Waals surface area contributed by atoms with Crippen LogP contribution in [-0.2, 0) is 4.79 Å². The number of ketones is 1. The minimum Gasteiger partial charge on any atom is -0.319 e. The second-order valence-corrected chi connectivity index (χ2v) is 3.63. The molecule has 0 spiro atoms. The van der Waals surface area contributed by atoms with Crippen molar-refractivity contribution >= 4 is 5.78 Å². The minimum atomic E-state index is -0.476. The summed E-state index contributed by atoms with van der Waals surface area (Å²) in [6.07, 6.45) is 6.51. The van der Waals surface area contributed by atoms with Gasteiger partial charge in [0.25, 0.3) is 0 Å². The average molecular weight is 155 g/mol. The molecule has 0 aromatic heterocycles. The summed E-state index contributed by atoms with van der Waals surface area (Å²) in [6, 6.07) is 0. The van der Waals surface area contributed by atoms with Gasteiger partial charge < -0.3 is 5.73 Å². The number of carbonyl (C=O) groups excluding carboxylic acids is 1. The molecular weight excluding hydrogens is 138 g/mol. The number of hydrogen-bond donors (Lipinski definition) is 1. The molecule has 0 unspecified atom stereocenters. The van der Waals surface area contributed by atoms with Crippen LogP contribution in [0, 0.1) is 0 Å². The van der Waals surface area contributed by atoms with Crippen LogP contribution in [-0.4, -0.2) is 11.3 Å². The van der Waals surface area contributed by atoms with Crippen molar-refractivity contribution in [1.29, 1.82) is 0 Å². The number of rotatable bonds is 1. The van der Waals surface area contributed by atoms with E-state index in [9.17, 15) is 4.79 Å². The monoisotopic (exact) mass is 155 g/mol. The molecule has 0 aliphatic heterocycles. The molecular formula is C9H17NO. The second kappa shape index (κ2) is 3.35. The van der Waals surface area contributed by atoms with Crippen LogP contribution >= 0.6 is 0 Å². The highest BCUT2D eigenvalue weighted by molar-refractivity contribution is 5.85. The van der Waals surface area contributed by atoms with E-state index >= 15 is 0 Å². The van der Waals surface area contributed by atoms with Crippen molar-refractivity contribution in [3.63, 3.8) is 0 Å². The Hall–Kier alpha value is -0.370. The standard InChI is InChI=1S/C9H17NO/c1-8(11)9(10)6-4-2-3-5-7-9/h2-7,10H2,1H3. The van der Waals surface area contributed by atoms with Gasteiger partial charge in [-0.25, -0.2) is 0 Å². The largest absolute Gasteiger partial charge is 0.319 e. The lowest BCUT2D eigenvalue weighted by atomic mass is 9.88. The fourth-order valence-electron chi connectivity index (χ4n) is 1.71. The van der Waals surface area contributed by atoms with Crippen LogP contribution in [0.5, 0.6) is 0 Å².